The molecule has 84 valence electrons. The molecule has 0 aromatic carbocycles. The lowest BCUT2D eigenvalue weighted by atomic mass is 10.0. The molecule has 0 radical (unpaired) electrons. The molecule has 4 heteroatoms. The Morgan fingerprint density at radius 2 is 2.40 bits per heavy atom. The maximum Gasteiger partial charge on any atom is 0.134 e. The third-order valence-electron chi connectivity index (χ3n) is 2.77. The minimum Gasteiger partial charge on any atom is -0.466 e. The SMILES string of the molecule is NC(CC1CCCCO1)c1occc1Br. The van der Waals surface area contributed by atoms with E-state index in [0.717, 1.165) is 29.7 Å². The van der Waals surface area contributed by atoms with Crippen molar-refractivity contribution in [3.8, 4) is 0 Å². The highest BCUT2D eigenvalue weighted by Gasteiger charge is 2.21. The highest BCUT2D eigenvalue weighted by atomic mass is 79.9. The van der Waals surface area contributed by atoms with E-state index in [-0.39, 0.29) is 6.04 Å². The maximum atomic E-state index is 6.07. The summed E-state index contributed by atoms with van der Waals surface area (Å²) in [6.45, 7) is 0.872. The Labute approximate surface area is 98.1 Å². The zero-order valence-electron chi connectivity index (χ0n) is 8.62. The van der Waals surface area contributed by atoms with Crippen LogP contribution in [0.3, 0.4) is 0 Å². The molecule has 2 heterocycles. The van der Waals surface area contributed by atoms with Crippen molar-refractivity contribution in [3.63, 3.8) is 0 Å². The number of ether oxygens (including phenoxy) is 1. The van der Waals surface area contributed by atoms with Gasteiger partial charge in [-0.25, -0.2) is 0 Å². The molecule has 1 aliphatic heterocycles. The van der Waals surface area contributed by atoms with E-state index in [1.54, 1.807) is 6.26 Å². The van der Waals surface area contributed by atoms with E-state index in [1.165, 1.54) is 12.8 Å². The van der Waals surface area contributed by atoms with Crippen LogP contribution in [0.2, 0.25) is 0 Å². The monoisotopic (exact) mass is 273 g/mol. The van der Waals surface area contributed by atoms with Gasteiger partial charge in [0, 0.05) is 6.61 Å². The van der Waals surface area contributed by atoms with E-state index in [2.05, 4.69) is 15.9 Å². The highest BCUT2D eigenvalue weighted by molar-refractivity contribution is 9.10. The Hall–Kier alpha value is -0.320. The van der Waals surface area contributed by atoms with Crippen molar-refractivity contribution in [1.29, 1.82) is 0 Å². The highest BCUT2D eigenvalue weighted by Crippen LogP contribution is 2.28. The van der Waals surface area contributed by atoms with Gasteiger partial charge in [0.15, 0.2) is 0 Å². The second kappa shape index (κ2) is 5.14. The smallest absolute Gasteiger partial charge is 0.134 e. The predicted molar refractivity (Wildman–Crippen MR) is 61.5 cm³/mol. The van der Waals surface area contributed by atoms with E-state index in [0.29, 0.717) is 6.10 Å². The average Bonchev–Trinajstić information content (AvgIpc) is 2.66. The number of rotatable bonds is 3. The molecule has 1 aromatic heterocycles. The van der Waals surface area contributed by atoms with Gasteiger partial charge in [-0.2, -0.15) is 0 Å². The van der Waals surface area contributed by atoms with Gasteiger partial charge in [0.1, 0.15) is 5.76 Å². The van der Waals surface area contributed by atoms with Crippen LogP contribution in [0, 0.1) is 0 Å². The normalized spacial score (nSPS) is 24.0. The van der Waals surface area contributed by atoms with Gasteiger partial charge in [0.25, 0.3) is 0 Å². The fourth-order valence-corrected chi connectivity index (χ4v) is 2.45. The lowest BCUT2D eigenvalue weighted by Crippen LogP contribution is -2.24. The van der Waals surface area contributed by atoms with Gasteiger partial charge < -0.3 is 14.9 Å². The van der Waals surface area contributed by atoms with Crippen LogP contribution in [-0.4, -0.2) is 12.7 Å². The Morgan fingerprint density at radius 1 is 1.53 bits per heavy atom. The van der Waals surface area contributed by atoms with Crippen LogP contribution in [0.5, 0.6) is 0 Å². The van der Waals surface area contributed by atoms with Crippen LogP contribution in [0.25, 0.3) is 0 Å². The van der Waals surface area contributed by atoms with Gasteiger partial charge in [-0.1, -0.05) is 0 Å². The summed E-state index contributed by atoms with van der Waals surface area (Å²) in [5.41, 5.74) is 6.07. The first-order valence-electron chi connectivity index (χ1n) is 5.37. The van der Waals surface area contributed by atoms with E-state index in [9.17, 15) is 0 Å². The molecule has 0 saturated carbocycles. The second-order valence-electron chi connectivity index (χ2n) is 3.96. The van der Waals surface area contributed by atoms with Crippen molar-refractivity contribution in [2.24, 2.45) is 5.73 Å². The minimum atomic E-state index is -0.0718. The summed E-state index contributed by atoms with van der Waals surface area (Å²) in [5, 5.41) is 0. The van der Waals surface area contributed by atoms with Crippen LogP contribution in [0.1, 0.15) is 37.5 Å². The molecule has 3 nitrogen and oxygen atoms in total. The maximum absolute atomic E-state index is 6.07. The van der Waals surface area contributed by atoms with Crippen molar-refractivity contribution in [2.75, 3.05) is 6.61 Å². The number of halogens is 1. The van der Waals surface area contributed by atoms with Crippen molar-refractivity contribution in [3.05, 3.63) is 22.6 Å². The minimum absolute atomic E-state index is 0.0718. The first kappa shape index (κ1) is 11.2. The van der Waals surface area contributed by atoms with Gasteiger partial charge >= 0.3 is 0 Å². The van der Waals surface area contributed by atoms with Crippen molar-refractivity contribution in [2.45, 2.75) is 37.8 Å². The molecule has 1 saturated heterocycles. The molecule has 15 heavy (non-hydrogen) atoms. The van der Waals surface area contributed by atoms with Gasteiger partial charge in [0.2, 0.25) is 0 Å². The van der Waals surface area contributed by atoms with Gasteiger partial charge in [-0.3, -0.25) is 0 Å². The molecule has 1 fully saturated rings. The molecular weight excluding hydrogens is 258 g/mol. The first-order chi connectivity index (χ1) is 7.27. The summed E-state index contributed by atoms with van der Waals surface area (Å²) in [7, 11) is 0. The van der Waals surface area contributed by atoms with E-state index in [4.69, 9.17) is 14.9 Å². The predicted octanol–water partition coefficient (Wildman–Crippen LogP) is 3.00. The molecule has 1 aromatic rings. The molecule has 2 unspecified atom stereocenters. The molecule has 0 amide bonds. The third-order valence-corrected chi connectivity index (χ3v) is 3.43. The summed E-state index contributed by atoms with van der Waals surface area (Å²) in [6, 6.07) is 1.80. The lowest BCUT2D eigenvalue weighted by molar-refractivity contribution is 0.00616. The summed E-state index contributed by atoms with van der Waals surface area (Å²) >= 11 is 3.42. The molecule has 0 aliphatic carbocycles. The molecule has 2 N–H and O–H groups in total. The van der Waals surface area contributed by atoms with E-state index < -0.39 is 0 Å². The van der Waals surface area contributed by atoms with Crippen LogP contribution in [-0.2, 0) is 4.74 Å². The number of hydrogen-bond donors (Lipinski definition) is 1. The van der Waals surface area contributed by atoms with Crippen LogP contribution in [0.4, 0.5) is 0 Å². The molecule has 2 rings (SSSR count). The molecule has 1 aliphatic rings. The van der Waals surface area contributed by atoms with Gasteiger partial charge in [-0.05, 0) is 47.7 Å². The average molecular weight is 274 g/mol. The number of hydrogen-bond acceptors (Lipinski definition) is 3. The quantitative estimate of drug-likeness (QED) is 0.921. The van der Waals surface area contributed by atoms with Crippen LogP contribution >= 0.6 is 15.9 Å². The van der Waals surface area contributed by atoms with Crippen molar-refractivity contribution >= 4 is 15.9 Å². The van der Waals surface area contributed by atoms with E-state index >= 15 is 0 Å². The largest absolute Gasteiger partial charge is 0.466 e. The first-order valence-corrected chi connectivity index (χ1v) is 6.16. The Kier molecular flexibility index (Phi) is 3.83. The fraction of sp³-hybridized carbons (Fsp3) is 0.636. The van der Waals surface area contributed by atoms with E-state index in [1.807, 2.05) is 6.07 Å². The summed E-state index contributed by atoms with van der Waals surface area (Å²) in [6.07, 6.45) is 6.33. The standard InChI is InChI=1S/C11H16BrNO2/c12-9-4-6-15-11(9)10(13)7-8-3-1-2-5-14-8/h4,6,8,10H,1-3,5,7,13H2. The Balaban J connectivity index is 1.91. The molecule has 0 spiro atoms. The second-order valence-corrected chi connectivity index (χ2v) is 4.82. The number of furan rings is 1. The molecule has 0 bridgehead atoms. The summed E-state index contributed by atoms with van der Waals surface area (Å²) < 4.78 is 11.9. The lowest BCUT2D eigenvalue weighted by Gasteiger charge is -2.24. The zero-order chi connectivity index (χ0) is 10.7. The van der Waals surface area contributed by atoms with Crippen LogP contribution < -0.4 is 5.73 Å². The zero-order valence-corrected chi connectivity index (χ0v) is 10.2. The van der Waals surface area contributed by atoms with Gasteiger partial charge in [0.05, 0.1) is 22.9 Å². The molecule has 2 atom stereocenters. The third kappa shape index (κ3) is 2.83. The van der Waals surface area contributed by atoms with Crippen molar-refractivity contribution < 1.29 is 9.15 Å². The fourth-order valence-electron chi connectivity index (χ4n) is 1.95. The summed E-state index contributed by atoms with van der Waals surface area (Å²) in [5.74, 6) is 0.823. The molecular formula is C11H16BrNO2. The summed E-state index contributed by atoms with van der Waals surface area (Å²) in [4.78, 5) is 0. The topological polar surface area (TPSA) is 48.4 Å². The van der Waals surface area contributed by atoms with Crippen molar-refractivity contribution in [1.82, 2.24) is 0 Å². The Morgan fingerprint density at radius 3 is 3.00 bits per heavy atom. The Bertz CT molecular complexity index is 307. The van der Waals surface area contributed by atoms with Crippen LogP contribution in [0.15, 0.2) is 21.2 Å². The number of nitrogens with two attached hydrogens (primary N) is 1. The van der Waals surface area contributed by atoms with Gasteiger partial charge in [-0.15, -0.1) is 0 Å².